The fourth-order valence-electron chi connectivity index (χ4n) is 1.91. The first-order valence-corrected chi connectivity index (χ1v) is 8.67. The Morgan fingerprint density at radius 1 is 1.53 bits per heavy atom. The maximum Gasteiger partial charge on any atom is 0.240 e. The molecule has 3 N–H and O–H groups in total. The van der Waals surface area contributed by atoms with Crippen molar-refractivity contribution in [2.45, 2.75) is 11.3 Å². The van der Waals surface area contributed by atoms with Gasteiger partial charge in [-0.15, -0.1) is 0 Å². The van der Waals surface area contributed by atoms with E-state index in [4.69, 9.17) is 10.5 Å². The quantitative estimate of drug-likeness (QED) is 0.802. The van der Waals surface area contributed by atoms with Crippen LogP contribution in [0, 0.1) is 5.92 Å². The van der Waals surface area contributed by atoms with Crippen molar-refractivity contribution in [3.05, 3.63) is 18.2 Å². The Balaban J connectivity index is 2.10. The lowest BCUT2D eigenvalue weighted by atomic mass is 10.1. The highest BCUT2D eigenvalue weighted by molar-refractivity contribution is 7.99. The molecule has 0 spiro atoms. The van der Waals surface area contributed by atoms with Crippen molar-refractivity contribution >= 4 is 27.5 Å². The monoisotopic (exact) mass is 302 g/mol. The van der Waals surface area contributed by atoms with Gasteiger partial charge in [0.25, 0.3) is 0 Å². The number of nitrogens with two attached hydrogens (primary N) is 1. The predicted molar refractivity (Wildman–Crippen MR) is 78.0 cm³/mol. The second kappa shape index (κ2) is 6.02. The lowest BCUT2D eigenvalue weighted by Crippen LogP contribution is -2.29. The van der Waals surface area contributed by atoms with Crippen molar-refractivity contribution in [2.24, 2.45) is 5.92 Å². The third kappa shape index (κ3) is 3.55. The molecule has 106 valence electrons. The first-order chi connectivity index (χ1) is 9.03. The molecule has 7 heteroatoms. The number of benzene rings is 1. The third-order valence-electron chi connectivity index (χ3n) is 3.10. The highest BCUT2D eigenvalue weighted by atomic mass is 32.2. The molecule has 0 bridgehead atoms. The van der Waals surface area contributed by atoms with Crippen LogP contribution >= 0.6 is 11.8 Å². The molecule has 1 fully saturated rings. The SMILES string of the molecule is COc1cc(S(=O)(=O)NCC2CCSC2)ccc1N. The maximum absolute atomic E-state index is 12.2. The van der Waals surface area contributed by atoms with Crippen molar-refractivity contribution in [3.63, 3.8) is 0 Å². The maximum atomic E-state index is 12.2. The Kier molecular flexibility index (Phi) is 4.59. The molecule has 0 aliphatic carbocycles. The molecule has 19 heavy (non-hydrogen) atoms. The fraction of sp³-hybridized carbons (Fsp3) is 0.500. The summed E-state index contributed by atoms with van der Waals surface area (Å²) in [5, 5.41) is 0. The zero-order valence-corrected chi connectivity index (χ0v) is 12.4. The molecular formula is C12H18N2O3S2. The lowest BCUT2D eigenvalue weighted by Gasteiger charge is -2.12. The molecule has 1 aromatic carbocycles. The van der Waals surface area contributed by atoms with E-state index in [-0.39, 0.29) is 4.90 Å². The van der Waals surface area contributed by atoms with Crippen LogP contribution in [0.2, 0.25) is 0 Å². The van der Waals surface area contributed by atoms with Gasteiger partial charge in [-0.05, 0) is 36.0 Å². The zero-order chi connectivity index (χ0) is 13.9. The molecule has 1 aliphatic rings. The second-order valence-electron chi connectivity index (χ2n) is 4.49. The first kappa shape index (κ1) is 14.5. The topological polar surface area (TPSA) is 81.4 Å². The van der Waals surface area contributed by atoms with E-state index in [0.717, 1.165) is 17.9 Å². The number of hydrogen-bond acceptors (Lipinski definition) is 5. The molecule has 0 aromatic heterocycles. The zero-order valence-electron chi connectivity index (χ0n) is 10.8. The molecule has 0 radical (unpaired) electrons. The minimum Gasteiger partial charge on any atom is -0.495 e. The molecule has 1 atom stereocenters. The van der Waals surface area contributed by atoms with Gasteiger partial charge in [-0.3, -0.25) is 0 Å². The summed E-state index contributed by atoms with van der Waals surface area (Å²) >= 11 is 1.87. The summed E-state index contributed by atoms with van der Waals surface area (Å²) in [6.45, 7) is 0.488. The molecule has 1 unspecified atom stereocenters. The van der Waals surface area contributed by atoms with Gasteiger partial charge in [-0.25, -0.2) is 13.1 Å². The van der Waals surface area contributed by atoms with Gasteiger partial charge in [0.2, 0.25) is 10.0 Å². The summed E-state index contributed by atoms with van der Waals surface area (Å²) in [6, 6.07) is 4.48. The van der Waals surface area contributed by atoms with Crippen LogP contribution in [0.15, 0.2) is 23.1 Å². The van der Waals surface area contributed by atoms with Gasteiger partial charge in [-0.1, -0.05) is 0 Å². The molecule has 0 saturated carbocycles. The van der Waals surface area contributed by atoms with E-state index in [1.807, 2.05) is 11.8 Å². The normalized spacial score (nSPS) is 19.5. The van der Waals surface area contributed by atoms with Crippen LogP contribution in [-0.2, 0) is 10.0 Å². The number of nitrogen functional groups attached to an aromatic ring is 1. The summed E-state index contributed by atoms with van der Waals surface area (Å²) < 4.78 is 32.0. The Hall–Kier alpha value is -0.920. The van der Waals surface area contributed by atoms with E-state index in [1.165, 1.54) is 19.2 Å². The lowest BCUT2D eigenvalue weighted by molar-refractivity contribution is 0.415. The van der Waals surface area contributed by atoms with E-state index in [0.29, 0.717) is 23.9 Å². The van der Waals surface area contributed by atoms with Crippen molar-refractivity contribution in [1.82, 2.24) is 4.72 Å². The van der Waals surface area contributed by atoms with Crippen molar-refractivity contribution in [3.8, 4) is 5.75 Å². The van der Waals surface area contributed by atoms with Crippen LogP contribution in [0.4, 0.5) is 5.69 Å². The number of nitrogens with one attached hydrogen (secondary N) is 1. The smallest absolute Gasteiger partial charge is 0.240 e. The summed E-state index contributed by atoms with van der Waals surface area (Å²) in [7, 11) is -2.03. The molecular weight excluding hydrogens is 284 g/mol. The number of anilines is 1. The van der Waals surface area contributed by atoms with Crippen LogP contribution in [0.1, 0.15) is 6.42 Å². The van der Waals surface area contributed by atoms with Crippen LogP contribution < -0.4 is 15.2 Å². The highest BCUT2D eigenvalue weighted by Gasteiger charge is 2.20. The Labute approximate surface area is 118 Å². The molecule has 5 nitrogen and oxygen atoms in total. The average Bonchev–Trinajstić information content (AvgIpc) is 2.90. The third-order valence-corrected chi connectivity index (χ3v) is 5.75. The van der Waals surface area contributed by atoms with Gasteiger partial charge >= 0.3 is 0 Å². The van der Waals surface area contributed by atoms with Gasteiger partial charge in [-0.2, -0.15) is 11.8 Å². The Bertz CT molecular complexity index is 540. The van der Waals surface area contributed by atoms with Crippen molar-refractivity contribution in [1.29, 1.82) is 0 Å². The fourth-order valence-corrected chi connectivity index (χ4v) is 4.33. The number of thioether (sulfide) groups is 1. The van der Waals surface area contributed by atoms with Crippen LogP contribution in [0.25, 0.3) is 0 Å². The van der Waals surface area contributed by atoms with E-state index in [2.05, 4.69) is 4.72 Å². The summed E-state index contributed by atoms with van der Waals surface area (Å²) in [6.07, 6.45) is 1.07. The van der Waals surface area contributed by atoms with Crippen LogP contribution in [0.3, 0.4) is 0 Å². The molecule has 1 aromatic rings. The standard InChI is InChI=1S/C12H18N2O3S2/c1-17-12-6-10(2-3-11(12)13)19(15,16)14-7-9-4-5-18-8-9/h2-3,6,9,14H,4-5,7-8,13H2,1H3. The predicted octanol–water partition coefficient (Wildman–Crippen LogP) is 1.31. The van der Waals surface area contributed by atoms with Gasteiger partial charge in [0.05, 0.1) is 17.7 Å². The van der Waals surface area contributed by atoms with E-state index in [9.17, 15) is 8.42 Å². The number of methoxy groups -OCH3 is 1. The largest absolute Gasteiger partial charge is 0.495 e. The first-order valence-electron chi connectivity index (χ1n) is 6.04. The Morgan fingerprint density at radius 2 is 2.32 bits per heavy atom. The van der Waals surface area contributed by atoms with Crippen molar-refractivity contribution in [2.75, 3.05) is 30.9 Å². The number of hydrogen-bond donors (Lipinski definition) is 2. The summed E-state index contributed by atoms with van der Waals surface area (Å²) in [5.41, 5.74) is 6.10. The number of ether oxygens (including phenoxy) is 1. The summed E-state index contributed by atoms with van der Waals surface area (Å²) in [5.74, 6) is 2.94. The van der Waals surface area contributed by atoms with E-state index < -0.39 is 10.0 Å². The number of rotatable bonds is 5. The minimum absolute atomic E-state index is 0.184. The molecule has 1 heterocycles. The van der Waals surface area contributed by atoms with E-state index in [1.54, 1.807) is 6.07 Å². The van der Waals surface area contributed by atoms with Gasteiger partial charge in [0.1, 0.15) is 5.75 Å². The molecule has 1 saturated heterocycles. The number of sulfonamides is 1. The minimum atomic E-state index is -3.49. The van der Waals surface area contributed by atoms with Gasteiger partial charge in [0.15, 0.2) is 0 Å². The highest BCUT2D eigenvalue weighted by Crippen LogP contribution is 2.26. The van der Waals surface area contributed by atoms with Gasteiger partial charge < -0.3 is 10.5 Å². The second-order valence-corrected chi connectivity index (χ2v) is 7.40. The average molecular weight is 302 g/mol. The molecule has 1 aliphatic heterocycles. The molecule has 0 amide bonds. The summed E-state index contributed by atoms with van der Waals surface area (Å²) in [4.78, 5) is 0.184. The Morgan fingerprint density at radius 3 is 2.95 bits per heavy atom. The van der Waals surface area contributed by atoms with Gasteiger partial charge in [0, 0.05) is 12.6 Å². The van der Waals surface area contributed by atoms with Crippen molar-refractivity contribution < 1.29 is 13.2 Å². The van der Waals surface area contributed by atoms with E-state index >= 15 is 0 Å². The molecule has 2 rings (SSSR count). The van der Waals surface area contributed by atoms with Crippen LogP contribution in [0.5, 0.6) is 5.75 Å². The van der Waals surface area contributed by atoms with Crippen LogP contribution in [-0.4, -0.2) is 33.6 Å².